The summed E-state index contributed by atoms with van der Waals surface area (Å²) in [6.45, 7) is 0. The number of nitrogens with zero attached hydrogens (tertiary/aromatic N) is 1. The molecule has 0 saturated heterocycles. The number of nitro groups is 1. The molecule has 0 amide bonds. The second kappa shape index (κ2) is 6.18. The van der Waals surface area contributed by atoms with E-state index in [2.05, 4.69) is 20.7 Å². The number of phenols is 1. The van der Waals surface area contributed by atoms with E-state index < -0.39 is 28.4 Å². The van der Waals surface area contributed by atoms with Gasteiger partial charge in [0.25, 0.3) is 0 Å². The van der Waals surface area contributed by atoms with Gasteiger partial charge >= 0.3 is 11.7 Å². The number of carbonyl (C=O) groups excluding carboxylic acids is 1. The Balaban J connectivity index is 3.23. The van der Waals surface area contributed by atoms with Crippen molar-refractivity contribution in [3.63, 3.8) is 0 Å². The Morgan fingerprint density at radius 1 is 1.74 bits per heavy atom. The number of nitro benzene ring substituents is 1. The van der Waals surface area contributed by atoms with Crippen molar-refractivity contribution in [2.45, 2.75) is 12.5 Å². The van der Waals surface area contributed by atoms with Gasteiger partial charge < -0.3 is 15.6 Å². The van der Waals surface area contributed by atoms with Gasteiger partial charge in [0.15, 0.2) is 5.75 Å². The van der Waals surface area contributed by atoms with E-state index in [1.165, 1.54) is 13.2 Å². The average molecular weight is 354 g/mol. The maximum Gasteiger partial charge on any atom is 0.330 e. The summed E-state index contributed by atoms with van der Waals surface area (Å²) in [5.74, 6) is -1.30. The molecular formula is C10H10BrClN2O5. The van der Waals surface area contributed by atoms with Crippen molar-refractivity contribution < 1.29 is 19.6 Å². The molecule has 7 nitrogen and oxygen atoms in total. The normalized spacial score (nSPS) is 12.0. The molecule has 0 aliphatic heterocycles. The first-order chi connectivity index (χ1) is 8.79. The minimum Gasteiger partial charge on any atom is -0.502 e. The predicted octanol–water partition coefficient (Wildman–Crippen LogP) is 1.76. The fraction of sp³-hybridized carbons (Fsp3) is 0.300. The van der Waals surface area contributed by atoms with Crippen molar-refractivity contribution in [3.8, 4) is 5.75 Å². The Labute approximate surface area is 121 Å². The lowest BCUT2D eigenvalue weighted by Crippen LogP contribution is -2.33. The van der Waals surface area contributed by atoms with Gasteiger partial charge in [-0.05, 0) is 22.0 Å². The summed E-state index contributed by atoms with van der Waals surface area (Å²) in [4.78, 5) is 21.2. The van der Waals surface area contributed by atoms with E-state index >= 15 is 0 Å². The number of rotatable bonds is 4. The van der Waals surface area contributed by atoms with Crippen LogP contribution in [0.3, 0.4) is 0 Å². The number of aromatic hydroxyl groups is 1. The predicted molar refractivity (Wildman–Crippen MR) is 71.2 cm³/mol. The quantitative estimate of drug-likeness (QED) is 0.484. The lowest BCUT2D eigenvalue weighted by molar-refractivity contribution is -0.385. The lowest BCUT2D eigenvalue weighted by Gasteiger charge is -2.12. The maximum atomic E-state index is 11.2. The first kappa shape index (κ1) is 15.7. The number of methoxy groups -OCH3 is 1. The van der Waals surface area contributed by atoms with Crippen molar-refractivity contribution >= 4 is 39.2 Å². The van der Waals surface area contributed by atoms with Crippen molar-refractivity contribution in [1.82, 2.24) is 0 Å². The molecule has 9 heteroatoms. The van der Waals surface area contributed by atoms with Crippen molar-refractivity contribution in [2.75, 3.05) is 7.11 Å². The third-order valence-corrected chi connectivity index (χ3v) is 3.61. The number of halogens is 2. The van der Waals surface area contributed by atoms with Gasteiger partial charge in [0, 0.05) is 16.5 Å². The van der Waals surface area contributed by atoms with E-state index in [4.69, 9.17) is 17.3 Å². The first-order valence-corrected chi connectivity index (χ1v) is 6.14. The highest BCUT2D eigenvalue weighted by Crippen LogP contribution is 2.41. The molecule has 19 heavy (non-hydrogen) atoms. The largest absolute Gasteiger partial charge is 0.502 e. The molecule has 3 N–H and O–H groups in total. The fourth-order valence-corrected chi connectivity index (χ4v) is 2.12. The molecule has 1 aromatic rings. The molecule has 0 radical (unpaired) electrons. The molecule has 1 atom stereocenters. The summed E-state index contributed by atoms with van der Waals surface area (Å²) in [6.07, 6.45) is -0.116. The summed E-state index contributed by atoms with van der Waals surface area (Å²) < 4.78 is 4.67. The molecule has 104 valence electrons. The van der Waals surface area contributed by atoms with Gasteiger partial charge in [-0.25, -0.2) is 0 Å². The van der Waals surface area contributed by atoms with Crippen LogP contribution in [0.1, 0.15) is 5.56 Å². The van der Waals surface area contributed by atoms with Gasteiger partial charge in [-0.15, -0.1) is 0 Å². The van der Waals surface area contributed by atoms with Crippen LogP contribution in [0.15, 0.2) is 10.5 Å². The molecule has 0 fully saturated rings. The van der Waals surface area contributed by atoms with Crippen LogP contribution in [0, 0.1) is 10.1 Å². The van der Waals surface area contributed by atoms with E-state index in [0.717, 1.165) is 0 Å². The number of hydrogen-bond donors (Lipinski definition) is 2. The minimum atomic E-state index is -1.04. The molecule has 0 saturated carbocycles. The minimum absolute atomic E-state index is 0.116. The van der Waals surface area contributed by atoms with Gasteiger partial charge in [0.05, 0.1) is 12.0 Å². The first-order valence-electron chi connectivity index (χ1n) is 4.97. The smallest absolute Gasteiger partial charge is 0.330 e. The van der Waals surface area contributed by atoms with Crippen LogP contribution in [0.4, 0.5) is 5.69 Å². The van der Waals surface area contributed by atoms with Crippen molar-refractivity contribution in [2.24, 2.45) is 5.73 Å². The van der Waals surface area contributed by atoms with Gasteiger partial charge in [-0.1, -0.05) is 11.6 Å². The number of nitrogens with two attached hydrogens (primary N) is 1. The van der Waals surface area contributed by atoms with Gasteiger partial charge in [0.2, 0.25) is 0 Å². The number of benzene rings is 1. The molecule has 0 spiro atoms. The highest BCUT2D eigenvalue weighted by Gasteiger charge is 2.27. The molecule has 0 aliphatic carbocycles. The third kappa shape index (κ3) is 3.34. The van der Waals surface area contributed by atoms with Crippen LogP contribution >= 0.6 is 27.5 Å². The summed E-state index contributed by atoms with van der Waals surface area (Å²) >= 11 is 8.76. The molecule has 0 aliphatic rings. The third-order valence-electron chi connectivity index (χ3n) is 2.37. The van der Waals surface area contributed by atoms with Crippen LogP contribution in [0.5, 0.6) is 5.75 Å². The average Bonchev–Trinajstić information content (AvgIpc) is 2.34. The Kier molecular flexibility index (Phi) is 5.10. The second-order valence-corrected chi connectivity index (χ2v) is 4.85. The van der Waals surface area contributed by atoms with E-state index in [1.54, 1.807) is 0 Å². The SMILES string of the molecule is COC(=O)C(N)Cc1cc(Br)c(Cl)c([N+](=O)[O-])c1O. The van der Waals surface area contributed by atoms with Crippen LogP contribution in [-0.2, 0) is 16.0 Å². The van der Waals surface area contributed by atoms with Crippen LogP contribution in [-0.4, -0.2) is 29.2 Å². The summed E-state index contributed by atoms with van der Waals surface area (Å²) in [5, 5.41) is 20.4. The molecule has 0 bridgehead atoms. The number of esters is 1. The zero-order valence-corrected chi connectivity index (χ0v) is 12.1. The van der Waals surface area contributed by atoms with Gasteiger partial charge in [-0.3, -0.25) is 14.9 Å². The van der Waals surface area contributed by atoms with E-state index in [-0.39, 0.29) is 21.5 Å². The standard InChI is InChI=1S/C10H10BrClN2O5/c1-19-10(16)6(13)3-4-2-5(11)7(12)8(9(4)15)14(17)18/h2,6,15H,3,13H2,1H3. The Morgan fingerprint density at radius 2 is 2.32 bits per heavy atom. The zero-order chi connectivity index (χ0) is 14.7. The van der Waals surface area contributed by atoms with Crippen molar-refractivity contribution in [3.05, 3.63) is 31.2 Å². The number of ether oxygens (including phenoxy) is 1. The number of hydrogen-bond acceptors (Lipinski definition) is 6. The molecule has 1 aromatic carbocycles. The summed E-state index contributed by atoms with van der Waals surface area (Å²) in [5.41, 5.74) is 5.03. The lowest BCUT2D eigenvalue weighted by atomic mass is 10.0. The molecular weight excluding hydrogens is 343 g/mol. The highest BCUT2D eigenvalue weighted by molar-refractivity contribution is 9.10. The maximum absolute atomic E-state index is 11.2. The highest BCUT2D eigenvalue weighted by atomic mass is 79.9. The zero-order valence-electron chi connectivity index (χ0n) is 9.72. The van der Waals surface area contributed by atoms with Crippen LogP contribution in [0.25, 0.3) is 0 Å². The number of phenolic OH excluding ortho intramolecular Hbond substituents is 1. The van der Waals surface area contributed by atoms with E-state index in [1.807, 2.05) is 0 Å². The summed E-state index contributed by atoms with van der Waals surface area (Å²) in [7, 11) is 1.17. The van der Waals surface area contributed by atoms with Gasteiger partial charge in [-0.2, -0.15) is 0 Å². The van der Waals surface area contributed by atoms with Crippen LogP contribution < -0.4 is 5.73 Å². The molecule has 1 unspecified atom stereocenters. The fourth-order valence-electron chi connectivity index (χ4n) is 1.45. The topological polar surface area (TPSA) is 116 Å². The van der Waals surface area contributed by atoms with E-state index in [9.17, 15) is 20.0 Å². The molecule has 0 heterocycles. The van der Waals surface area contributed by atoms with Crippen molar-refractivity contribution in [1.29, 1.82) is 0 Å². The Hall–Kier alpha value is -1.38. The molecule has 1 rings (SSSR count). The van der Waals surface area contributed by atoms with E-state index in [0.29, 0.717) is 0 Å². The number of carbonyl (C=O) groups is 1. The second-order valence-electron chi connectivity index (χ2n) is 3.62. The Morgan fingerprint density at radius 3 is 2.79 bits per heavy atom. The molecule has 0 aromatic heterocycles. The summed E-state index contributed by atoms with van der Waals surface area (Å²) in [6, 6.07) is 0.330. The monoisotopic (exact) mass is 352 g/mol. The Bertz CT molecular complexity index is 537. The van der Waals surface area contributed by atoms with Crippen LogP contribution in [0.2, 0.25) is 5.02 Å². The van der Waals surface area contributed by atoms with Gasteiger partial charge in [0.1, 0.15) is 11.1 Å².